The van der Waals surface area contributed by atoms with Gasteiger partial charge in [0.1, 0.15) is 35.8 Å². The lowest BCUT2D eigenvalue weighted by Crippen LogP contribution is -2.49. The largest absolute Gasteiger partial charge is 0.487 e. The number of tetrazole rings is 1. The van der Waals surface area contributed by atoms with Crippen molar-refractivity contribution >= 4 is 17.5 Å². The Morgan fingerprint density at radius 1 is 1.07 bits per heavy atom. The van der Waals surface area contributed by atoms with Gasteiger partial charge in [0.25, 0.3) is 0 Å². The number of methoxy groups -OCH3 is 1. The maximum absolute atomic E-state index is 9.60. The van der Waals surface area contributed by atoms with E-state index in [2.05, 4.69) is 46.7 Å². The first-order valence-corrected chi connectivity index (χ1v) is 14.7. The predicted molar refractivity (Wildman–Crippen MR) is 162 cm³/mol. The molecule has 0 unspecified atom stereocenters. The van der Waals surface area contributed by atoms with Crippen molar-refractivity contribution in [3.05, 3.63) is 54.6 Å². The van der Waals surface area contributed by atoms with Crippen molar-refractivity contribution in [2.24, 2.45) is 0 Å². The van der Waals surface area contributed by atoms with E-state index >= 15 is 0 Å². The summed E-state index contributed by atoms with van der Waals surface area (Å²) >= 11 is 0. The van der Waals surface area contributed by atoms with E-state index < -0.39 is 0 Å². The fourth-order valence-electron chi connectivity index (χ4n) is 5.60. The smallest absolute Gasteiger partial charge is 0.239 e. The monoisotopic (exact) mass is 597 g/mol. The topological polar surface area (TPSA) is 152 Å². The second-order valence-corrected chi connectivity index (χ2v) is 10.8. The Morgan fingerprint density at radius 2 is 1.86 bits per heavy atom. The SMILES string of the molecule is COc1nc(N2CCC(N3CCOCC3)CC2)ccc1Nc1ncc(-c2ccc(C#N)c(O[C@@H](C)Cn3cnnn3)c2)cn1. The first-order chi connectivity index (χ1) is 21.6. The molecule has 0 amide bonds. The molecule has 0 saturated carbocycles. The van der Waals surface area contributed by atoms with Gasteiger partial charge in [-0.05, 0) is 60.0 Å². The van der Waals surface area contributed by atoms with Gasteiger partial charge >= 0.3 is 0 Å². The van der Waals surface area contributed by atoms with Crippen LogP contribution < -0.4 is 19.7 Å². The minimum absolute atomic E-state index is 0.263. The van der Waals surface area contributed by atoms with Crippen LogP contribution in [0.4, 0.5) is 17.5 Å². The number of benzene rings is 1. The number of nitrogens with one attached hydrogen (secondary N) is 1. The van der Waals surface area contributed by atoms with Crippen LogP contribution in [0.15, 0.2) is 49.1 Å². The lowest BCUT2D eigenvalue weighted by molar-refractivity contribution is 0.0114. The van der Waals surface area contributed by atoms with E-state index in [-0.39, 0.29) is 6.10 Å². The van der Waals surface area contributed by atoms with Gasteiger partial charge in [-0.1, -0.05) is 6.07 Å². The van der Waals surface area contributed by atoms with Gasteiger partial charge in [-0.2, -0.15) is 10.2 Å². The normalized spacial score (nSPS) is 16.7. The van der Waals surface area contributed by atoms with Crippen molar-refractivity contribution in [3.8, 4) is 28.8 Å². The number of rotatable bonds is 10. The van der Waals surface area contributed by atoms with Crippen LogP contribution in [0.3, 0.4) is 0 Å². The molecule has 0 aliphatic carbocycles. The third-order valence-electron chi connectivity index (χ3n) is 7.89. The zero-order valence-corrected chi connectivity index (χ0v) is 24.8. The molecule has 3 aromatic heterocycles. The van der Waals surface area contributed by atoms with Gasteiger partial charge in [0, 0.05) is 50.2 Å². The molecule has 6 rings (SSSR count). The lowest BCUT2D eigenvalue weighted by Gasteiger charge is -2.40. The number of ether oxygens (including phenoxy) is 3. The molecule has 14 nitrogen and oxygen atoms in total. The van der Waals surface area contributed by atoms with Crippen LogP contribution in [0.2, 0.25) is 0 Å². The van der Waals surface area contributed by atoms with E-state index in [0.29, 0.717) is 41.4 Å². The predicted octanol–water partition coefficient (Wildman–Crippen LogP) is 2.92. The summed E-state index contributed by atoms with van der Waals surface area (Å²) in [7, 11) is 1.61. The molecule has 2 aliphatic rings. The van der Waals surface area contributed by atoms with E-state index in [1.54, 1.807) is 30.3 Å². The first kappa shape index (κ1) is 29.2. The molecule has 2 saturated heterocycles. The second-order valence-electron chi connectivity index (χ2n) is 10.8. The zero-order valence-electron chi connectivity index (χ0n) is 24.8. The number of anilines is 3. The fraction of sp³-hybridized carbons (Fsp3) is 0.433. The summed E-state index contributed by atoms with van der Waals surface area (Å²) in [4.78, 5) is 18.7. The Morgan fingerprint density at radius 3 is 2.57 bits per heavy atom. The molecule has 14 heteroatoms. The van der Waals surface area contributed by atoms with Gasteiger partial charge in [-0.25, -0.2) is 14.6 Å². The van der Waals surface area contributed by atoms with E-state index in [9.17, 15) is 5.26 Å². The summed E-state index contributed by atoms with van der Waals surface area (Å²) in [5, 5.41) is 24.0. The average molecular weight is 598 g/mol. The molecular formula is C30H35N11O3. The minimum Gasteiger partial charge on any atom is -0.487 e. The molecule has 0 radical (unpaired) electrons. The van der Waals surface area contributed by atoms with Gasteiger partial charge in [0.15, 0.2) is 0 Å². The molecule has 4 aromatic rings. The number of morpholine rings is 1. The number of piperidine rings is 1. The molecule has 0 bridgehead atoms. The standard InChI is InChI=1S/C30H35N11O3/c1-21(19-41-20-34-37-38-41)44-27-15-22(3-4-23(27)16-31)24-17-32-30(33-18-24)35-26-5-6-28(36-29(26)42-2)40-9-7-25(8-10-40)39-11-13-43-14-12-39/h3-6,15,17-18,20-21,25H,7-14,19H2,1-2H3,(H,32,33,35)/t21-/m0/s1. The van der Waals surface area contributed by atoms with Crippen LogP contribution in [0, 0.1) is 11.3 Å². The Hall–Kier alpha value is -4.87. The van der Waals surface area contributed by atoms with E-state index in [1.807, 2.05) is 31.2 Å². The fourth-order valence-corrected chi connectivity index (χ4v) is 5.60. The Balaban J connectivity index is 1.10. The van der Waals surface area contributed by atoms with E-state index in [4.69, 9.17) is 19.2 Å². The molecule has 228 valence electrons. The summed E-state index contributed by atoms with van der Waals surface area (Å²) in [6.45, 7) is 7.94. The maximum atomic E-state index is 9.60. The third-order valence-corrected chi connectivity index (χ3v) is 7.89. The van der Waals surface area contributed by atoms with Crippen LogP contribution in [0.1, 0.15) is 25.3 Å². The van der Waals surface area contributed by atoms with Crippen LogP contribution in [0.25, 0.3) is 11.1 Å². The molecule has 44 heavy (non-hydrogen) atoms. The molecule has 5 heterocycles. The van der Waals surface area contributed by atoms with Crippen molar-refractivity contribution in [2.75, 3.05) is 56.7 Å². The molecule has 2 fully saturated rings. The highest BCUT2D eigenvalue weighted by atomic mass is 16.5. The lowest BCUT2D eigenvalue weighted by atomic mass is 10.0. The highest BCUT2D eigenvalue weighted by Gasteiger charge is 2.27. The van der Waals surface area contributed by atoms with Gasteiger partial charge < -0.3 is 24.4 Å². The quantitative estimate of drug-likeness (QED) is 0.285. The van der Waals surface area contributed by atoms with Crippen LogP contribution >= 0.6 is 0 Å². The molecule has 1 aromatic carbocycles. The minimum atomic E-state index is -0.263. The van der Waals surface area contributed by atoms with Gasteiger partial charge in [-0.3, -0.25) is 4.90 Å². The molecule has 0 spiro atoms. The maximum Gasteiger partial charge on any atom is 0.239 e. The number of nitriles is 1. The molecular weight excluding hydrogens is 562 g/mol. The second kappa shape index (κ2) is 13.6. The average Bonchev–Trinajstić information content (AvgIpc) is 3.58. The number of aromatic nitrogens is 7. The Bertz CT molecular complexity index is 1560. The van der Waals surface area contributed by atoms with Crippen molar-refractivity contribution in [2.45, 2.75) is 38.5 Å². The van der Waals surface area contributed by atoms with Crippen molar-refractivity contribution < 1.29 is 14.2 Å². The van der Waals surface area contributed by atoms with Gasteiger partial charge in [0.2, 0.25) is 11.8 Å². The summed E-state index contributed by atoms with van der Waals surface area (Å²) in [6, 6.07) is 12.1. The Labute approximate surface area is 255 Å². The highest BCUT2D eigenvalue weighted by molar-refractivity contribution is 5.68. The van der Waals surface area contributed by atoms with Crippen molar-refractivity contribution in [1.82, 2.24) is 40.1 Å². The summed E-state index contributed by atoms with van der Waals surface area (Å²) in [5.41, 5.74) is 2.71. The number of pyridine rings is 1. The zero-order chi connectivity index (χ0) is 30.3. The summed E-state index contributed by atoms with van der Waals surface area (Å²) in [6.07, 6.45) is 6.91. The van der Waals surface area contributed by atoms with Crippen LogP contribution in [0.5, 0.6) is 11.6 Å². The summed E-state index contributed by atoms with van der Waals surface area (Å²) < 4.78 is 18.8. The van der Waals surface area contributed by atoms with Crippen LogP contribution in [-0.2, 0) is 11.3 Å². The molecule has 1 atom stereocenters. The first-order valence-electron chi connectivity index (χ1n) is 14.7. The molecule has 1 N–H and O–H groups in total. The number of hydrogen-bond acceptors (Lipinski definition) is 13. The van der Waals surface area contributed by atoms with Crippen molar-refractivity contribution in [3.63, 3.8) is 0 Å². The Kier molecular flexibility index (Phi) is 9.04. The third kappa shape index (κ3) is 6.85. The van der Waals surface area contributed by atoms with Gasteiger partial charge in [0.05, 0.1) is 32.4 Å². The highest BCUT2D eigenvalue weighted by Crippen LogP contribution is 2.31. The van der Waals surface area contributed by atoms with E-state index in [1.165, 1.54) is 6.33 Å². The van der Waals surface area contributed by atoms with Crippen molar-refractivity contribution in [1.29, 1.82) is 5.26 Å². The van der Waals surface area contributed by atoms with E-state index in [0.717, 1.165) is 69.2 Å². The molecule has 2 aliphatic heterocycles. The van der Waals surface area contributed by atoms with Crippen LogP contribution in [-0.4, -0.2) is 98.7 Å². The number of hydrogen-bond donors (Lipinski definition) is 1. The van der Waals surface area contributed by atoms with Gasteiger partial charge in [-0.15, -0.1) is 5.10 Å². The number of nitrogens with zero attached hydrogens (tertiary/aromatic N) is 10. The summed E-state index contributed by atoms with van der Waals surface area (Å²) in [5.74, 6) is 2.26.